The number of hydrogen-bond donors (Lipinski definition) is 1. The minimum atomic E-state index is -0.349. The highest BCUT2D eigenvalue weighted by Crippen LogP contribution is 2.17. The van der Waals surface area contributed by atoms with Crippen molar-refractivity contribution in [1.82, 2.24) is 9.80 Å². The predicted octanol–water partition coefficient (Wildman–Crippen LogP) is 1.61. The van der Waals surface area contributed by atoms with Gasteiger partial charge in [0.25, 0.3) is 0 Å². The number of hydrogen-bond acceptors (Lipinski definition) is 3. The molecule has 1 rings (SSSR count). The number of likely N-dealkylation sites (tertiary alicyclic amines) is 1. The van der Waals surface area contributed by atoms with Gasteiger partial charge in [0.2, 0.25) is 11.8 Å². The van der Waals surface area contributed by atoms with Crippen molar-refractivity contribution < 1.29 is 9.59 Å². The topological polar surface area (TPSA) is 66.6 Å². The Hall–Kier alpha value is -1.10. The molecule has 1 unspecified atom stereocenters. The van der Waals surface area contributed by atoms with Crippen LogP contribution in [-0.2, 0) is 9.59 Å². The Labute approximate surface area is 128 Å². The van der Waals surface area contributed by atoms with Gasteiger partial charge in [-0.05, 0) is 38.9 Å². The lowest BCUT2D eigenvalue weighted by Crippen LogP contribution is -2.33. The van der Waals surface area contributed by atoms with Crippen LogP contribution in [0.15, 0.2) is 0 Å². The van der Waals surface area contributed by atoms with Gasteiger partial charge in [0.05, 0.1) is 5.92 Å². The number of carbonyl (C=O) groups excluding carboxylic acids is 2. The first-order chi connectivity index (χ1) is 10.1. The lowest BCUT2D eigenvalue weighted by Gasteiger charge is -2.23. The third-order valence-electron chi connectivity index (χ3n) is 4.18. The molecule has 122 valence electrons. The van der Waals surface area contributed by atoms with Crippen LogP contribution in [0.5, 0.6) is 0 Å². The van der Waals surface area contributed by atoms with Gasteiger partial charge >= 0.3 is 0 Å². The molecule has 0 aromatic rings. The Morgan fingerprint density at radius 3 is 2.24 bits per heavy atom. The summed E-state index contributed by atoms with van der Waals surface area (Å²) >= 11 is 0. The number of amides is 2. The van der Waals surface area contributed by atoms with E-state index in [1.54, 1.807) is 4.90 Å². The van der Waals surface area contributed by atoms with Gasteiger partial charge in [0.15, 0.2) is 0 Å². The number of nitrogens with two attached hydrogens (primary N) is 1. The fraction of sp³-hybridized carbons (Fsp3) is 0.875. The quantitative estimate of drug-likeness (QED) is 0.630. The SMILES string of the molecule is CCCCN(CCCC)CCCN1CC(C(N)=O)CC1=O. The summed E-state index contributed by atoms with van der Waals surface area (Å²) in [6.45, 7) is 9.01. The fourth-order valence-corrected chi connectivity index (χ4v) is 2.76. The average molecular weight is 297 g/mol. The zero-order valence-electron chi connectivity index (χ0n) is 13.6. The van der Waals surface area contributed by atoms with Gasteiger partial charge in [-0.3, -0.25) is 9.59 Å². The van der Waals surface area contributed by atoms with Gasteiger partial charge < -0.3 is 15.5 Å². The number of nitrogens with zero attached hydrogens (tertiary/aromatic N) is 2. The van der Waals surface area contributed by atoms with Crippen LogP contribution < -0.4 is 5.73 Å². The van der Waals surface area contributed by atoms with Crippen LogP contribution in [-0.4, -0.2) is 54.3 Å². The molecule has 1 aliphatic rings. The van der Waals surface area contributed by atoms with Gasteiger partial charge in [-0.15, -0.1) is 0 Å². The molecule has 2 amide bonds. The average Bonchev–Trinajstić information content (AvgIpc) is 2.83. The van der Waals surface area contributed by atoms with Crippen LogP contribution in [0, 0.1) is 5.92 Å². The molecule has 21 heavy (non-hydrogen) atoms. The lowest BCUT2D eigenvalue weighted by atomic mass is 10.1. The van der Waals surface area contributed by atoms with E-state index in [1.807, 2.05) is 0 Å². The number of primary amides is 1. The minimum absolute atomic E-state index is 0.0764. The van der Waals surface area contributed by atoms with E-state index < -0.39 is 0 Å². The van der Waals surface area contributed by atoms with E-state index in [-0.39, 0.29) is 17.7 Å². The first kappa shape index (κ1) is 18.0. The second-order valence-corrected chi connectivity index (χ2v) is 6.05. The largest absolute Gasteiger partial charge is 0.369 e. The van der Waals surface area contributed by atoms with Gasteiger partial charge in [-0.25, -0.2) is 0 Å². The second-order valence-electron chi connectivity index (χ2n) is 6.05. The number of rotatable bonds is 11. The molecule has 5 nitrogen and oxygen atoms in total. The Balaban J connectivity index is 2.29. The van der Waals surface area contributed by atoms with E-state index in [0.29, 0.717) is 13.0 Å². The number of carbonyl (C=O) groups is 2. The molecule has 1 heterocycles. The molecule has 0 aromatic heterocycles. The molecule has 0 aliphatic carbocycles. The molecule has 2 N–H and O–H groups in total. The maximum Gasteiger partial charge on any atom is 0.223 e. The van der Waals surface area contributed by atoms with Crippen LogP contribution in [0.4, 0.5) is 0 Å². The monoisotopic (exact) mass is 297 g/mol. The molecule has 5 heteroatoms. The molecule has 0 spiro atoms. The van der Waals surface area contributed by atoms with Crippen LogP contribution in [0.1, 0.15) is 52.4 Å². The van der Waals surface area contributed by atoms with Crippen LogP contribution >= 0.6 is 0 Å². The van der Waals surface area contributed by atoms with Crippen molar-refractivity contribution in [2.45, 2.75) is 52.4 Å². The summed E-state index contributed by atoms with van der Waals surface area (Å²) in [6.07, 6.45) is 6.17. The molecule has 1 aliphatic heterocycles. The van der Waals surface area contributed by atoms with E-state index in [1.165, 1.54) is 25.7 Å². The van der Waals surface area contributed by atoms with Crippen LogP contribution in [0.25, 0.3) is 0 Å². The molecular formula is C16H31N3O2. The molecule has 1 saturated heterocycles. The zero-order valence-corrected chi connectivity index (χ0v) is 13.6. The maximum absolute atomic E-state index is 11.8. The van der Waals surface area contributed by atoms with Crippen molar-refractivity contribution in [2.24, 2.45) is 11.7 Å². The van der Waals surface area contributed by atoms with Crippen molar-refractivity contribution in [3.63, 3.8) is 0 Å². The zero-order chi connectivity index (χ0) is 15.7. The highest BCUT2D eigenvalue weighted by atomic mass is 16.2. The summed E-state index contributed by atoms with van der Waals surface area (Å²) in [7, 11) is 0. The van der Waals surface area contributed by atoms with Gasteiger partial charge in [0, 0.05) is 19.5 Å². The van der Waals surface area contributed by atoms with E-state index in [0.717, 1.165) is 32.6 Å². The van der Waals surface area contributed by atoms with E-state index >= 15 is 0 Å². The van der Waals surface area contributed by atoms with Gasteiger partial charge in [-0.2, -0.15) is 0 Å². The predicted molar refractivity (Wildman–Crippen MR) is 84.8 cm³/mol. The third kappa shape index (κ3) is 6.46. The van der Waals surface area contributed by atoms with Crippen LogP contribution in [0.3, 0.4) is 0 Å². The van der Waals surface area contributed by atoms with E-state index in [9.17, 15) is 9.59 Å². The third-order valence-corrected chi connectivity index (χ3v) is 4.18. The fourth-order valence-electron chi connectivity index (χ4n) is 2.76. The van der Waals surface area contributed by atoms with Crippen molar-refractivity contribution >= 4 is 11.8 Å². The minimum Gasteiger partial charge on any atom is -0.369 e. The molecular weight excluding hydrogens is 266 g/mol. The summed E-state index contributed by atoms with van der Waals surface area (Å²) in [5.74, 6) is -0.556. The molecule has 0 bridgehead atoms. The standard InChI is InChI=1S/C16H31N3O2/c1-3-5-8-18(9-6-4-2)10-7-11-19-13-14(16(17)21)12-15(19)20/h14H,3-13H2,1-2H3,(H2,17,21). The van der Waals surface area contributed by atoms with Gasteiger partial charge in [0.1, 0.15) is 0 Å². The first-order valence-electron chi connectivity index (χ1n) is 8.37. The van der Waals surface area contributed by atoms with E-state index in [4.69, 9.17) is 5.73 Å². The Morgan fingerprint density at radius 2 is 1.76 bits per heavy atom. The normalized spacial score (nSPS) is 18.7. The van der Waals surface area contributed by atoms with Crippen molar-refractivity contribution in [3.8, 4) is 0 Å². The maximum atomic E-state index is 11.8. The summed E-state index contributed by atoms with van der Waals surface area (Å²) in [6, 6.07) is 0. The Bertz CT molecular complexity index is 325. The molecule has 0 radical (unpaired) electrons. The second kappa shape index (κ2) is 9.77. The van der Waals surface area contributed by atoms with Gasteiger partial charge in [-0.1, -0.05) is 26.7 Å². The molecule has 1 fully saturated rings. The lowest BCUT2D eigenvalue weighted by molar-refractivity contribution is -0.128. The van der Waals surface area contributed by atoms with Crippen molar-refractivity contribution in [2.75, 3.05) is 32.7 Å². The Kier molecular flexibility index (Phi) is 8.35. The highest BCUT2D eigenvalue weighted by Gasteiger charge is 2.32. The highest BCUT2D eigenvalue weighted by molar-refractivity contribution is 5.88. The summed E-state index contributed by atoms with van der Waals surface area (Å²) in [4.78, 5) is 27.3. The summed E-state index contributed by atoms with van der Waals surface area (Å²) in [5.41, 5.74) is 5.28. The van der Waals surface area contributed by atoms with Crippen molar-refractivity contribution in [1.29, 1.82) is 0 Å². The van der Waals surface area contributed by atoms with E-state index in [2.05, 4.69) is 18.7 Å². The summed E-state index contributed by atoms with van der Waals surface area (Å²) < 4.78 is 0. The first-order valence-corrected chi connectivity index (χ1v) is 8.37. The number of unbranched alkanes of at least 4 members (excludes halogenated alkanes) is 2. The molecule has 0 aromatic carbocycles. The smallest absolute Gasteiger partial charge is 0.223 e. The summed E-state index contributed by atoms with van der Waals surface area (Å²) in [5, 5.41) is 0. The molecule has 0 saturated carbocycles. The Morgan fingerprint density at radius 1 is 1.19 bits per heavy atom. The van der Waals surface area contributed by atoms with Crippen LogP contribution in [0.2, 0.25) is 0 Å². The molecule has 1 atom stereocenters. The van der Waals surface area contributed by atoms with Crippen molar-refractivity contribution in [3.05, 3.63) is 0 Å².